The minimum atomic E-state index is -0.436. The van der Waals surface area contributed by atoms with Crippen molar-refractivity contribution in [1.82, 2.24) is 9.55 Å². The zero-order valence-electron chi connectivity index (χ0n) is 8.53. The van der Waals surface area contributed by atoms with Gasteiger partial charge in [-0.3, -0.25) is 14.3 Å². The Hall–Kier alpha value is -1.62. The van der Waals surface area contributed by atoms with E-state index >= 15 is 0 Å². The van der Waals surface area contributed by atoms with Gasteiger partial charge < -0.3 is 0 Å². The number of aryl methyl sites for hydroxylation is 1. The van der Waals surface area contributed by atoms with Crippen LogP contribution in [0.1, 0.15) is 5.56 Å². The molecule has 0 saturated heterocycles. The zero-order valence-corrected chi connectivity index (χ0v) is 10.1. The number of hydrogen-bond acceptors (Lipinski definition) is 2. The van der Waals surface area contributed by atoms with Crippen LogP contribution in [-0.2, 0) is 0 Å². The molecule has 1 heterocycles. The van der Waals surface area contributed by atoms with Crippen LogP contribution in [0.2, 0.25) is 0 Å². The smallest absolute Gasteiger partial charge is 0.274 e. The Morgan fingerprint density at radius 1 is 1.25 bits per heavy atom. The van der Waals surface area contributed by atoms with Crippen LogP contribution in [0.4, 0.5) is 0 Å². The van der Waals surface area contributed by atoms with Crippen molar-refractivity contribution in [1.29, 1.82) is 0 Å². The van der Waals surface area contributed by atoms with E-state index in [9.17, 15) is 9.59 Å². The van der Waals surface area contributed by atoms with Gasteiger partial charge in [-0.15, -0.1) is 0 Å². The van der Waals surface area contributed by atoms with Crippen molar-refractivity contribution in [2.24, 2.45) is 0 Å². The fourth-order valence-corrected chi connectivity index (χ4v) is 1.65. The topological polar surface area (TPSA) is 54.9 Å². The van der Waals surface area contributed by atoms with E-state index in [0.29, 0.717) is 0 Å². The lowest BCUT2D eigenvalue weighted by molar-refractivity contribution is 0.894. The molecule has 1 N–H and O–H groups in total. The van der Waals surface area contributed by atoms with Gasteiger partial charge in [0.05, 0.1) is 5.69 Å². The van der Waals surface area contributed by atoms with E-state index < -0.39 is 11.2 Å². The number of aromatic amines is 1. The van der Waals surface area contributed by atoms with Crippen molar-refractivity contribution in [3.63, 3.8) is 0 Å². The first-order valence-electron chi connectivity index (χ1n) is 4.66. The van der Waals surface area contributed by atoms with Crippen molar-refractivity contribution < 1.29 is 0 Å². The van der Waals surface area contributed by atoms with E-state index in [1.165, 1.54) is 16.8 Å². The Bertz CT molecular complexity index is 643. The van der Waals surface area contributed by atoms with Crippen molar-refractivity contribution >= 4 is 15.9 Å². The third-order valence-corrected chi connectivity index (χ3v) is 3.13. The molecule has 0 aliphatic rings. The normalized spacial score (nSPS) is 10.4. The van der Waals surface area contributed by atoms with Gasteiger partial charge in [-0.05, 0) is 30.7 Å². The Kier molecular flexibility index (Phi) is 2.78. The highest BCUT2D eigenvalue weighted by molar-refractivity contribution is 9.10. The molecule has 0 aliphatic heterocycles. The molecule has 0 fully saturated rings. The van der Waals surface area contributed by atoms with Crippen molar-refractivity contribution in [3.8, 4) is 5.69 Å². The standard InChI is InChI=1S/C11H9BrN2O2/c1-7-6-8(2-3-9(7)12)14-5-4-10(15)13-11(14)16/h2-6H,1H3,(H,13,15,16). The molecule has 0 unspecified atom stereocenters. The van der Waals surface area contributed by atoms with E-state index in [1.54, 1.807) is 6.07 Å². The molecule has 0 bridgehead atoms. The molecule has 2 aromatic rings. The number of nitrogens with zero attached hydrogens (tertiary/aromatic N) is 1. The molecule has 0 amide bonds. The van der Waals surface area contributed by atoms with Gasteiger partial charge in [0, 0.05) is 16.7 Å². The maximum Gasteiger partial charge on any atom is 0.332 e. The van der Waals surface area contributed by atoms with Crippen LogP contribution in [0.5, 0.6) is 0 Å². The largest absolute Gasteiger partial charge is 0.332 e. The summed E-state index contributed by atoms with van der Waals surface area (Å²) >= 11 is 3.39. The second-order valence-corrected chi connectivity index (χ2v) is 4.27. The van der Waals surface area contributed by atoms with E-state index in [0.717, 1.165) is 15.7 Å². The van der Waals surface area contributed by atoms with Gasteiger partial charge in [0.25, 0.3) is 5.56 Å². The summed E-state index contributed by atoms with van der Waals surface area (Å²) < 4.78 is 2.37. The van der Waals surface area contributed by atoms with Gasteiger partial charge in [0.1, 0.15) is 0 Å². The summed E-state index contributed by atoms with van der Waals surface area (Å²) in [6.07, 6.45) is 1.46. The molecule has 1 aromatic heterocycles. The van der Waals surface area contributed by atoms with Crippen LogP contribution in [0.25, 0.3) is 5.69 Å². The maximum absolute atomic E-state index is 11.5. The molecule has 4 nitrogen and oxygen atoms in total. The fourth-order valence-electron chi connectivity index (χ4n) is 1.40. The first-order valence-corrected chi connectivity index (χ1v) is 5.46. The Morgan fingerprint density at radius 2 is 2.00 bits per heavy atom. The number of nitrogens with one attached hydrogen (secondary N) is 1. The number of H-pyrrole nitrogens is 1. The number of aromatic nitrogens is 2. The molecule has 5 heteroatoms. The highest BCUT2D eigenvalue weighted by Gasteiger charge is 2.01. The quantitative estimate of drug-likeness (QED) is 0.863. The summed E-state index contributed by atoms with van der Waals surface area (Å²) in [5, 5.41) is 0. The van der Waals surface area contributed by atoms with Gasteiger partial charge in [-0.2, -0.15) is 0 Å². The van der Waals surface area contributed by atoms with Crippen molar-refractivity contribution in [2.75, 3.05) is 0 Å². The highest BCUT2D eigenvalue weighted by Crippen LogP contribution is 2.18. The maximum atomic E-state index is 11.5. The van der Waals surface area contributed by atoms with Gasteiger partial charge in [-0.25, -0.2) is 4.79 Å². The third kappa shape index (κ3) is 1.99. The lowest BCUT2D eigenvalue weighted by Crippen LogP contribution is -2.27. The third-order valence-electron chi connectivity index (χ3n) is 2.24. The second-order valence-electron chi connectivity index (χ2n) is 3.41. The number of benzene rings is 1. The van der Waals surface area contributed by atoms with Gasteiger partial charge in [0.15, 0.2) is 0 Å². The summed E-state index contributed by atoms with van der Waals surface area (Å²) in [5.41, 5.74) is 0.918. The Balaban J connectivity index is 2.63. The molecule has 0 radical (unpaired) electrons. The average Bonchev–Trinajstić information content (AvgIpc) is 2.22. The van der Waals surface area contributed by atoms with E-state index in [2.05, 4.69) is 20.9 Å². The molecule has 0 saturated carbocycles. The molecular weight excluding hydrogens is 272 g/mol. The van der Waals surface area contributed by atoms with Gasteiger partial charge >= 0.3 is 5.69 Å². The first-order chi connectivity index (χ1) is 7.58. The predicted molar refractivity (Wildman–Crippen MR) is 65.1 cm³/mol. The minimum Gasteiger partial charge on any atom is -0.274 e. The summed E-state index contributed by atoms with van der Waals surface area (Å²) in [5.74, 6) is 0. The van der Waals surface area contributed by atoms with Crippen LogP contribution in [-0.4, -0.2) is 9.55 Å². The van der Waals surface area contributed by atoms with Crippen molar-refractivity contribution in [2.45, 2.75) is 6.92 Å². The summed E-state index contributed by atoms with van der Waals surface area (Å²) in [7, 11) is 0. The highest BCUT2D eigenvalue weighted by atomic mass is 79.9. The lowest BCUT2D eigenvalue weighted by Gasteiger charge is -2.06. The van der Waals surface area contributed by atoms with E-state index in [1.807, 2.05) is 19.1 Å². The molecule has 1 aromatic carbocycles. The van der Waals surface area contributed by atoms with Crippen LogP contribution < -0.4 is 11.2 Å². The van der Waals surface area contributed by atoms with Crippen LogP contribution in [0.3, 0.4) is 0 Å². The SMILES string of the molecule is Cc1cc(-n2ccc(=O)[nH]c2=O)ccc1Br. The van der Waals surface area contributed by atoms with Gasteiger partial charge in [-0.1, -0.05) is 15.9 Å². The average molecular weight is 281 g/mol. The molecule has 2 rings (SSSR count). The molecule has 0 aliphatic carbocycles. The fraction of sp³-hybridized carbons (Fsp3) is 0.0909. The summed E-state index contributed by atoms with van der Waals surface area (Å²) in [6.45, 7) is 1.93. The van der Waals surface area contributed by atoms with Crippen molar-refractivity contribution in [3.05, 3.63) is 61.3 Å². The van der Waals surface area contributed by atoms with Gasteiger partial charge in [0.2, 0.25) is 0 Å². The molecule has 0 atom stereocenters. The molecular formula is C11H9BrN2O2. The van der Waals surface area contributed by atoms with E-state index in [-0.39, 0.29) is 0 Å². The number of halogens is 1. The Morgan fingerprint density at radius 3 is 2.62 bits per heavy atom. The number of rotatable bonds is 1. The Labute approximate surface area is 99.7 Å². The molecule has 0 spiro atoms. The first kappa shape index (κ1) is 10.9. The molecule has 16 heavy (non-hydrogen) atoms. The van der Waals surface area contributed by atoms with Crippen LogP contribution in [0, 0.1) is 6.92 Å². The van der Waals surface area contributed by atoms with Crippen LogP contribution >= 0.6 is 15.9 Å². The zero-order chi connectivity index (χ0) is 11.7. The van der Waals surface area contributed by atoms with Crippen LogP contribution in [0.15, 0.2) is 44.5 Å². The summed E-state index contributed by atoms with van der Waals surface area (Å²) in [6, 6.07) is 6.85. The monoisotopic (exact) mass is 280 g/mol. The van der Waals surface area contributed by atoms with E-state index in [4.69, 9.17) is 0 Å². The minimum absolute atomic E-state index is 0.393. The lowest BCUT2D eigenvalue weighted by atomic mass is 10.2. The molecule has 82 valence electrons. The number of hydrogen-bond donors (Lipinski definition) is 1. The summed E-state index contributed by atoms with van der Waals surface area (Å²) in [4.78, 5) is 24.7. The second kappa shape index (κ2) is 4.09. The predicted octanol–water partition coefficient (Wildman–Crippen LogP) is 1.60.